The molecule has 1 aliphatic heterocycles. The van der Waals surface area contributed by atoms with Crippen molar-refractivity contribution in [1.82, 2.24) is 4.90 Å². The maximum atomic E-state index is 11.1. The lowest BCUT2D eigenvalue weighted by molar-refractivity contribution is 0.315. The first-order chi connectivity index (χ1) is 13.5. The number of allylic oxidation sites excluding steroid dienone is 1. The molecule has 2 aromatic carbocycles. The Morgan fingerprint density at radius 1 is 1.00 bits per heavy atom. The zero-order valence-corrected chi connectivity index (χ0v) is 17.1. The highest BCUT2D eigenvalue weighted by Crippen LogP contribution is 2.43. The van der Waals surface area contributed by atoms with Gasteiger partial charge in [-0.1, -0.05) is 60.7 Å². The molecule has 2 aromatic rings. The fraction of sp³-hybridized carbons (Fsp3) is 0.391. The minimum atomic E-state index is -3.37. The molecule has 2 aliphatic rings. The molecule has 2 unspecified atom stereocenters. The van der Waals surface area contributed by atoms with Crippen molar-refractivity contribution in [3.8, 4) is 0 Å². The largest absolute Gasteiger partial charge is 0.298 e. The summed E-state index contributed by atoms with van der Waals surface area (Å²) in [6.45, 7) is 3.51. The topological polar surface area (TPSA) is 46.6 Å². The van der Waals surface area contributed by atoms with Gasteiger partial charge in [-0.25, -0.2) is 0 Å². The first kappa shape index (κ1) is 19.4. The number of hydrogen-bond donors (Lipinski definition) is 0. The predicted octanol–water partition coefficient (Wildman–Crippen LogP) is 3.74. The van der Waals surface area contributed by atoms with Crippen LogP contribution in [-0.2, 0) is 27.3 Å². The van der Waals surface area contributed by atoms with Gasteiger partial charge in [-0.05, 0) is 41.0 Å². The van der Waals surface area contributed by atoms with Crippen molar-refractivity contribution < 1.29 is 12.6 Å². The van der Waals surface area contributed by atoms with E-state index in [2.05, 4.69) is 65.6 Å². The molecule has 2 atom stereocenters. The molecule has 1 fully saturated rings. The molecule has 4 rings (SSSR count). The van der Waals surface area contributed by atoms with Gasteiger partial charge in [0.05, 0.1) is 12.9 Å². The van der Waals surface area contributed by atoms with Crippen molar-refractivity contribution in [3.05, 3.63) is 77.4 Å². The van der Waals surface area contributed by atoms with Crippen LogP contribution in [0.2, 0.25) is 0 Å². The Bertz CT molecular complexity index is 936. The van der Waals surface area contributed by atoms with Gasteiger partial charge in [0.1, 0.15) is 0 Å². The lowest BCUT2D eigenvalue weighted by Crippen LogP contribution is -2.21. The standard InChI is InChI=1S/C23H27NO3S/c1-28(25,26)27-14-13-18-7-9-20(10-8-18)22-12-11-21-16-24(17-23(21)22)15-19-5-3-2-4-6-19/h2-10,12,21,23H,11,13-17H2,1H3. The first-order valence-corrected chi connectivity index (χ1v) is 11.7. The second-order valence-electron chi connectivity index (χ2n) is 7.91. The summed E-state index contributed by atoms with van der Waals surface area (Å²) in [4.78, 5) is 2.58. The van der Waals surface area contributed by atoms with Gasteiger partial charge in [0, 0.05) is 25.6 Å². The summed E-state index contributed by atoms with van der Waals surface area (Å²) in [6.07, 6.45) is 5.26. The number of fused-ring (bicyclic) bond motifs is 1. The molecule has 4 nitrogen and oxygen atoms in total. The second-order valence-corrected chi connectivity index (χ2v) is 9.56. The number of likely N-dealkylation sites (tertiary alicyclic amines) is 1. The van der Waals surface area contributed by atoms with Gasteiger partial charge in [0.25, 0.3) is 10.1 Å². The minimum absolute atomic E-state index is 0.194. The van der Waals surface area contributed by atoms with Crippen LogP contribution in [-0.4, -0.2) is 39.3 Å². The highest BCUT2D eigenvalue weighted by atomic mass is 32.2. The van der Waals surface area contributed by atoms with Crippen molar-refractivity contribution in [2.75, 3.05) is 26.0 Å². The molecule has 1 heterocycles. The molecular weight excluding hydrogens is 370 g/mol. The molecule has 0 radical (unpaired) electrons. The third-order valence-corrected chi connectivity index (χ3v) is 6.38. The van der Waals surface area contributed by atoms with Crippen LogP contribution in [0, 0.1) is 11.8 Å². The third-order valence-electron chi connectivity index (χ3n) is 5.78. The van der Waals surface area contributed by atoms with Crippen LogP contribution >= 0.6 is 0 Å². The molecule has 5 heteroatoms. The number of rotatable bonds is 7. The zero-order valence-electron chi connectivity index (χ0n) is 16.3. The van der Waals surface area contributed by atoms with Crippen LogP contribution in [0.5, 0.6) is 0 Å². The van der Waals surface area contributed by atoms with E-state index in [1.165, 1.54) is 23.2 Å². The monoisotopic (exact) mass is 397 g/mol. The Hall–Kier alpha value is -1.95. The maximum Gasteiger partial charge on any atom is 0.264 e. The Labute approximate surface area is 168 Å². The average Bonchev–Trinajstić information content (AvgIpc) is 3.22. The molecule has 1 saturated heterocycles. The summed E-state index contributed by atoms with van der Waals surface area (Å²) < 4.78 is 27.0. The van der Waals surface area contributed by atoms with E-state index >= 15 is 0 Å². The highest BCUT2D eigenvalue weighted by molar-refractivity contribution is 7.85. The third kappa shape index (κ3) is 4.72. The van der Waals surface area contributed by atoms with Crippen molar-refractivity contribution in [3.63, 3.8) is 0 Å². The second kappa shape index (κ2) is 8.19. The summed E-state index contributed by atoms with van der Waals surface area (Å²) in [5.41, 5.74) is 5.25. The van der Waals surface area contributed by atoms with Gasteiger partial charge < -0.3 is 0 Å². The fourth-order valence-corrected chi connectivity index (χ4v) is 4.84. The summed E-state index contributed by atoms with van der Waals surface area (Å²) >= 11 is 0. The van der Waals surface area contributed by atoms with Gasteiger partial charge in [-0.3, -0.25) is 9.08 Å². The number of nitrogens with zero attached hydrogens (tertiary/aromatic N) is 1. The lowest BCUT2D eigenvalue weighted by atomic mass is 9.90. The van der Waals surface area contributed by atoms with E-state index in [1.54, 1.807) is 0 Å². The zero-order chi connectivity index (χ0) is 19.6. The van der Waals surface area contributed by atoms with Crippen molar-refractivity contribution >= 4 is 15.7 Å². The maximum absolute atomic E-state index is 11.1. The van der Waals surface area contributed by atoms with Crippen molar-refractivity contribution in [2.45, 2.75) is 19.4 Å². The van der Waals surface area contributed by atoms with Crippen molar-refractivity contribution in [2.24, 2.45) is 11.8 Å². The Morgan fingerprint density at radius 2 is 1.75 bits per heavy atom. The first-order valence-electron chi connectivity index (χ1n) is 9.88. The van der Waals surface area contributed by atoms with E-state index in [0.29, 0.717) is 12.3 Å². The molecule has 148 valence electrons. The molecule has 0 spiro atoms. The van der Waals surface area contributed by atoms with Crippen LogP contribution in [0.15, 0.2) is 60.7 Å². The average molecular weight is 398 g/mol. The van der Waals surface area contributed by atoms with Crippen LogP contribution in [0.3, 0.4) is 0 Å². The number of benzene rings is 2. The van der Waals surface area contributed by atoms with E-state index in [0.717, 1.165) is 37.2 Å². The molecule has 0 N–H and O–H groups in total. The molecule has 0 aromatic heterocycles. The van der Waals surface area contributed by atoms with Crippen molar-refractivity contribution in [1.29, 1.82) is 0 Å². The van der Waals surface area contributed by atoms with Crippen LogP contribution in [0.4, 0.5) is 0 Å². The summed E-state index contributed by atoms with van der Waals surface area (Å²) in [6, 6.07) is 19.2. The Balaban J connectivity index is 1.36. The molecule has 28 heavy (non-hydrogen) atoms. The van der Waals surface area contributed by atoms with Crippen LogP contribution in [0.1, 0.15) is 23.1 Å². The van der Waals surface area contributed by atoms with Gasteiger partial charge >= 0.3 is 0 Å². The molecule has 1 aliphatic carbocycles. The van der Waals surface area contributed by atoms with Crippen LogP contribution in [0.25, 0.3) is 5.57 Å². The van der Waals surface area contributed by atoms with Gasteiger partial charge in [0.15, 0.2) is 0 Å². The molecular formula is C23H27NO3S. The minimum Gasteiger partial charge on any atom is -0.298 e. The van der Waals surface area contributed by atoms with E-state index in [9.17, 15) is 8.42 Å². The summed E-state index contributed by atoms with van der Waals surface area (Å²) in [7, 11) is -3.37. The molecule has 0 saturated carbocycles. The van der Waals surface area contributed by atoms with E-state index < -0.39 is 10.1 Å². The van der Waals surface area contributed by atoms with Gasteiger partial charge in [-0.15, -0.1) is 0 Å². The predicted molar refractivity (Wildman–Crippen MR) is 112 cm³/mol. The quantitative estimate of drug-likeness (QED) is 0.668. The highest BCUT2D eigenvalue weighted by Gasteiger charge is 2.38. The van der Waals surface area contributed by atoms with Gasteiger partial charge in [0.2, 0.25) is 0 Å². The SMILES string of the molecule is CS(=O)(=O)OCCc1ccc(C2=CCC3CN(Cc4ccccc4)CC23)cc1. The van der Waals surface area contributed by atoms with E-state index in [-0.39, 0.29) is 6.61 Å². The van der Waals surface area contributed by atoms with Crippen LogP contribution < -0.4 is 0 Å². The summed E-state index contributed by atoms with van der Waals surface area (Å²) in [5.74, 6) is 1.34. The Morgan fingerprint density at radius 3 is 2.46 bits per heavy atom. The fourth-order valence-electron chi connectivity index (χ4n) is 4.46. The van der Waals surface area contributed by atoms with E-state index in [1.807, 2.05) is 0 Å². The molecule has 0 bridgehead atoms. The number of hydrogen-bond acceptors (Lipinski definition) is 4. The Kier molecular flexibility index (Phi) is 5.67. The summed E-state index contributed by atoms with van der Waals surface area (Å²) in [5, 5.41) is 0. The van der Waals surface area contributed by atoms with E-state index in [4.69, 9.17) is 4.18 Å². The normalized spacial score (nSPS) is 22.2. The molecule has 0 amide bonds. The van der Waals surface area contributed by atoms with Gasteiger partial charge in [-0.2, -0.15) is 8.42 Å². The smallest absolute Gasteiger partial charge is 0.264 e. The lowest BCUT2D eigenvalue weighted by Gasteiger charge is -2.17.